The van der Waals surface area contributed by atoms with Crippen LogP contribution in [-0.2, 0) is 31.1 Å². The maximum atomic E-state index is 11.4. The van der Waals surface area contributed by atoms with Crippen molar-refractivity contribution in [3.63, 3.8) is 0 Å². The quantitative estimate of drug-likeness (QED) is 0.0772. The van der Waals surface area contributed by atoms with Gasteiger partial charge in [-0.3, -0.25) is 4.55 Å². The standard InChI is InChI=1S/C43H50N2O6S2/c1-42(2)38(44(28-14-16-30-52(46,47)48)36-26-24-32-18-10-12-20-34(32)40(36)42)22-8-6-5-7-9-23-39-43(3,4)41-35-21-13-11-19-33(35)25-27-37(41)45(39)29-15-17-31-53(49,50)51/h5-13,18-27,38H,14-17,28-31H2,1-4H3,(H,46,47,48)(H,49,50,51)/p-1/b6-5+,9-7+,22-8+,39-23+. The average molecular weight is 754 g/mol. The minimum Gasteiger partial charge on any atom is -0.748 e. The van der Waals surface area contributed by atoms with Crippen LogP contribution in [0.3, 0.4) is 0 Å². The Morgan fingerprint density at radius 1 is 0.679 bits per heavy atom. The van der Waals surface area contributed by atoms with Crippen molar-refractivity contribution in [3.8, 4) is 0 Å². The number of anilines is 2. The fraction of sp³-hybridized carbons (Fsp3) is 0.349. The van der Waals surface area contributed by atoms with Crippen LogP contribution < -0.4 is 9.80 Å². The Hall–Kier alpha value is -4.22. The van der Waals surface area contributed by atoms with Crippen molar-refractivity contribution in [1.82, 2.24) is 0 Å². The smallest absolute Gasteiger partial charge is 0.264 e. The van der Waals surface area contributed by atoms with Gasteiger partial charge in [0, 0.05) is 46.7 Å². The van der Waals surface area contributed by atoms with Crippen LogP contribution >= 0.6 is 0 Å². The van der Waals surface area contributed by atoms with Crippen LogP contribution in [0.4, 0.5) is 11.4 Å². The molecule has 10 heteroatoms. The predicted octanol–water partition coefficient (Wildman–Crippen LogP) is 8.80. The van der Waals surface area contributed by atoms with Crippen LogP contribution in [0.5, 0.6) is 0 Å². The molecule has 4 aromatic carbocycles. The Kier molecular flexibility index (Phi) is 11.1. The maximum absolute atomic E-state index is 11.4. The summed E-state index contributed by atoms with van der Waals surface area (Å²) in [6.45, 7) is 10.2. The molecule has 0 saturated carbocycles. The fourth-order valence-corrected chi connectivity index (χ4v) is 9.49. The van der Waals surface area contributed by atoms with Gasteiger partial charge in [-0.2, -0.15) is 8.42 Å². The lowest BCUT2D eigenvalue weighted by atomic mass is 9.78. The first-order valence-corrected chi connectivity index (χ1v) is 21.5. The molecule has 6 rings (SSSR count). The molecule has 0 saturated heterocycles. The van der Waals surface area contributed by atoms with Gasteiger partial charge in [-0.15, -0.1) is 0 Å². The van der Waals surface area contributed by atoms with Gasteiger partial charge in [0.05, 0.1) is 21.9 Å². The molecule has 4 aromatic rings. The summed E-state index contributed by atoms with van der Waals surface area (Å²) in [5, 5.41) is 4.76. The number of hydrogen-bond donors (Lipinski definition) is 1. The van der Waals surface area contributed by atoms with Crippen LogP contribution in [0, 0.1) is 0 Å². The molecule has 0 aromatic heterocycles. The molecule has 1 N–H and O–H groups in total. The van der Waals surface area contributed by atoms with E-state index in [9.17, 15) is 25.9 Å². The molecular formula is C43H49N2O6S2-. The largest absolute Gasteiger partial charge is 0.748 e. The summed E-state index contributed by atoms with van der Waals surface area (Å²) in [6, 6.07) is 25.4. The van der Waals surface area contributed by atoms with Crippen molar-refractivity contribution in [1.29, 1.82) is 0 Å². The Balaban J connectivity index is 1.23. The Labute approximate surface area is 314 Å². The molecule has 0 spiro atoms. The van der Waals surface area contributed by atoms with Gasteiger partial charge >= 0.3 is 0 Å². The van der Waals surface area contributed by atoms with Crippen LogP contribution in [-0.4, -0.2) is 56.6 Å². The molecule has 53 heavy (non-hydrogen) atoms. The third-order valence-corrected chi connectivity index (χ3v) is 12.4. The molecule has 2 aliphatic heterocycles. The first-order valence-electron chi connectivity index (χ1n) is 18.3. The highest BCUT2D eigenvalue weighted by molar-refractivity contribution is 7.85. The van der Waals surface area contributed by atoms with E-state index in [4.69, 9.17) is 0 Å². The van der Waals surface area contributed by atoms with Gasteiger partial charge in [0.15, 0.2) is 0 Å². The highest BCUT2D eigenvalue weighted by Crippen LogP contribution is 2.51. The number of rotatable bonds is 14. The first kappa shape index (κ1) is 38.5. The maximum Gasteiger partial charge on any atom is 0.264 e. The molecule has 0 aliphatic carbocycles. The van der Waals surface area contributed by atoms with Crippen LogP contribution in [0.2, 0.25) is 0 Å². The minimum absolute atomic E-state index is 0.0302. The molecule has 0 radical (unpaired) electrons. The molecule has 2 heterocycles. The van der Waals surface area contributed by atoms with E-state index in [1.165, 1.54) is 32.7 Å². The minimum atomic E-state index is -4.26. The lowest BCUT2D eigenvalue weighted by molar-refractivity contribution is 0.460. The van der Waals surface area contributed by atoms with Crippen LogP contribution in [0.15, 0.2) is 121 Å². The van der Waals surface area contributed by atoms with E-state index in [1.54, 1.807) is 0 Å². The second-order valence-corrected chi connectivity index (χ2v) is 18.3. The average Bonchev–Trinajstić information content (AvgIpc) is 3.45. The van der Waals surface area contributed by atoms with E-state index in [1.807, 2.05) is 36.4 Å². The van der Waals surface area contributed by atoms with E-state index in [0.29, 0.717) is 38.8 Å². The molecule has 0 fully saturated rings. The second kappa shape index (κ2) is 15.3. The van der Waals surface area contributed by atoms with Crippen molar-refractivity contribution >= 4 is 53.2 Å². The molecule has 8 nitrogen and oxygen atoms in total. The monoisotopic (exact) mass is 753 g/mol. The van der Waals surface area contributed by atoms with E-state index in [-0.39, 0.29) is 28.4 Å². The summed E-state index contributed by atoms with van der Waals surface area (Å²) >= 11 is 0. The van der Waals surface area contributed by atoms with E-state index >= 15 is 0 Å². The Bertz CT molecular complexity index is 2340. The molecule has 1 atom stereocenters. The van der Waals surface area contributed by atoms with Crippen molar-refractivity contribution in [2.45, 2.75) is 70.3 Å². The summed E-state index contributed by atoms with van der Waals surface area (Å²) in [5.74, 6) is -0.609. The normalized spacial score (nSPS) is 19.1. The third-order valence-electron chi connectivity index (χ3n) is 10.8. The highest BCUT2D eigenvalue weighted by Gasteiger charge is 2.44. The summed E-state index contributed by atoms with van der Waals surface area (Å²) < 4.78 is 65.8. The van der Waals surface area contributed by atoms with Crippen molar-refractivity contribution in [2.75, 3.05) is 34.4 Å². The molecular weight excluding hydrogens is 705 g/mol. The van der Waals surface area contributed by atoms with Crippen molar-refractivity contribution in [3.05, 3.63) is 132 Å². The SMILES string of the molecule is CC1(C)\C(=C/C=C/C=C/C=C/C2N(CCCCS(=O)(=O)O)c3ccc4ccccc4c3C2(C)C)N(CCCCS(=O)(=O)[O-])c2ccc3ccccc3c21. The highest BCUT2D eigenvalue weighted by atomic mass is 32.2. The number of nitrogens with zero attached hydrogens (tertiary/aromatic N) is 2. The third kappa shape index (κ3) is 8.31. The first-order chi connectivity index (χ1) is 25.1. The number of benzene rings is 4. The van der Waals surface area contributed by atoms with Gasteiger partial charge in [-0.25, -0.2) is 8.42 Å². The number of allylic oxidation sites excluding steroid dienone is 7. The zero-order chi connectivity index (χ0) is 38.0. The van der Waals surface area contributed by atoms with Gasteiger partial charge in [0.1, 0.15) is 0 Å². The zero-order valence-corrected chi connectivity index (χ0v) is 32.5. The topological polar surface area (TPSA) is 118 Å². The Morgan fingerprint density at radius 3 is 1.91 bits per heavy atom. The second-order valence-electron chi connectivity index (χ2n) is 15.2. The number of hydrogen-bond acceptors (Lipinski definition) is 7. The predicted molar refractivity (Wildman–Crippen MR) is 217 cm³/mol. The molecule has 0 bridgehead atoms. The number of fused-ring (bicyclic) bond motifs is 6. The fourth-order valence-electron chi connectivity index (χ4n) is 8.37. The molecule has 2 aliphatic rings. The van der Waals surface area contributed by atoms with Crippen molar-refractivity contribution in [2.24, 2.45) is 0 Å². The van der Waals surface area contributed by atoms with Crippen molar-refractivity contribution < 1.29 is 25.9 Å². The van der Waals surface area contributed by atoms with Gasteiger partial charge in [-0.05, 0) is 76.6 Å². The van der Waals surface area contributed by atoms with E-state index in [0.717, 1.165) is 17.1 Å². The van der Waals surface area contributed by atoms with Crippen LogP contribution in [0.1, 0.15) is 64.5 Å². The zero-order valence-electron chi connectivity index (χ0n) is 30.9. The number of unbranched alkanes of at least 4 members (excludes halogenated alkanes) is 2. The molecule has 0 amide bonds. The lowest BCUT2D eigenvalue weighted by Crippen LogP contribution is -2.40. The van der Waals surface area contributed by atoms with Gasteiger partial charge in [0.25, 0.3) is 10.1 Å². The Morgan fingerprint density at radius 2 is 1.25 bits per heavy atom. The van der Waals surface area contributed by atoms with E-state index in [2.05, 4.69) is 116 Å². The van der Waals surface area contributed by atoms with Gasteiger partial charge in [0.2, 0.25) is 0 Å². The van der Waals surface area contributed by atoms with Gasteiger partial charge in [-0.1, -0.05) is 125 Å². The summed E-state index contributed by atoms with van der Waals surface area (Å²) in [4.78, 5) is 4.63. The van der Waals surface area contributed by atoms with Crippen LogP contribution in [0.25, 0.3) is 21.5 Å². The summed E-state index contributed by atoms with van der Waals surface area (Å²) in [7, 11) is -8.26. The summed E-state index contributed by atoms with van der Waals surface area (Å²) in [6.07, 6.45) is 16.4. The lowest BCUT2D eigenvalue weighted by Gasteiger charge is -2.32. The van der Waals surface area contributed by atoms with E-state index < -0.39 is 20.2 Å². The molecule has 1 unspecified atom stereocenters. The van der Waals surface area contributed by atoms with Gasteiger partial charge < -0.3 is 14.4 Å². The molecule has 280 valence electrons. The summed E-state index contributed by atoms with van der Waals surface area (Å²) in [5.41, 5.74) is 5.34.